The zero-order chi connectivity index (χ0) is 11.5. The van der Waals surface area contributed by atoms with Crippen LogP contribution in [0.3, 0.4) is 0 Å². The van der Waals surface area contributed by atoms with Gasteiger partial charge in [-0.05, 0) is 36.5 Å². The van der Waals surface area contributed by atoms with Crippen molar-refractivity contribution in [3.05, 3.63) is 34.6 Å². The van der Waals surface area contributed by atoms with Crippen LogP contribution in [-0.2, 0) is 0 Å². The molecule has 0 saturated heterocycles. The van der Waals surface area contributed by atoms with Crippen LogP contribution in [0, 0.1) is 11.7 Å². The standard InChI is InChI=1S/C12H16ClFN2/c13-10-6-5-9(7-11(10)14)12(16-15)8-3-1-2-4-8/h5-8,12,16H,1-4,15H2. The SMILES string of the molecule is NNC(c1ccc(Cl)c(F)c1)C1CCCC1. The molecule has 0 heterocycles. The molecule has 16 heavy (non-hydrogen) atoms. The van der Waals surface area contributed by atoms with Crippen LogP contribution in [0.2, 0.25) is 5.02 Å². The molecule has 1 aliphatic carbocycles. The van der Waals surface area contributed by atoms with Crippen molar-refractivity contribution in [3.63, 3.8) is 0 Å². The Labute approximate surface area is 99.9 Å². The molecule has 1 aliphatic rings. The van der Waals surface area contributed by atoms with Crippen LogP contribution in [0.5, 0.6) is 0 Å². The van der Waals surface area contributed by atoms with E-state index in [0.29, 0.717) is 5.92 Å². The van der Waals surface area contributed by atoms with E-state index < -0.39 is 0 Å². The predicted molar refractivity (Wildman–Crippen MR) is 63.4 cm³/mol. The van der Waals surface area contributed by atoms with E-state index in [4.69, 9.17) is 17.4 Å². The Morgan fingerprint density at radius 2 is 2.06 bits per heavy atom. The molecule has 1 aromatic rings. The Bertz CT molecular complexity index is 364. The molecule has 1 saturated carbocycles. The highest BCUT2D eigenvalue weighted by Gasteiger charge is 2.25. The van der Waals surface area contributed by atoms with Crippen LogP contribution < -0.4 is 11.3 Å². The molecule has 2 rings (SSSR count). The lowest BCUT2D eigenvalue weighted by molar-refractivity contribution is 0.372. The summed E-state index contributed by atoms with van der Waals surface area (Å²) in [5.41, 5.74) is 3.68. The Balaban J connectivity index is 2.22. The first-order valence-electron chi connectivity index (χ1n) is 5.63. The van der Waals surface area contributed by atoms with Crippen molar-refractivity contribution >= 4 is 11.6 Å². The molecule has 4 heteroatoms. The number of rotatable bonds is 3. The summed E-state index contributed by atoms with van der Waals surface area (Å²) in [6, 6.07) is 4.94. The maximum atomic E-state index is 13.4. The van der Waals surface area contributed by atoms with Gasteiger partial charge in [-0.2, -0.15) is 0 Å². The van der Waals surface area contributed by atoms with E-state index in [-0.39, 0.29) is 16.9 Å². The molecule has 0 spiro atoms. The van der Waals surface area contributed by atoms with Crippen LogP contribution in [0.25, 0.3) is 0 Å². The van der Waals surface area contributed by atoms with Crippen molar-refractivity contribution in [2.75, 3.05) is 0 Å². The number of nitrogens with one attached hydrogen (secondary N) is 1. The van der Waals surface area contributed by atoms with Gasteiger partial charge in [0.25, 0.3) is 0 Å². The lowest BCUT2D eigenvalue weighted by atomic mass is 9.92. The summed E-state index contributed by atoms with van der Waals surface area (Å²) in [7, 11) is 0. The highest BCUT2D eigenvalue weighted by atomic mass is 35.5. The first-order chi connectivity index (χ1) is 7.72. The van der Waals surface area contributed by atoms with Gasteiger partial charge in [0.05, 0.1) is 5.02 Å². The molecule has 1 atom stereocenters. The van der Waals surface area contributed by atoms with Crippen LogP contribution in [0.4, 0.5) is 4.39 Å². The van der Waals surface area contributed by atoms with E-state index >= 15 is 0 Å². The third kappa shape index (κ3) is 2.37. The number of hydrogen-bond donors (Lipinski definition) is 2. The first kappa shape index (κ1) is 11.8. The fourth-order valence-corrected chi connectivity index (χ4v) is 2.62. The minimum absolute atomic E-state index is 0.0364. The zero-order valence-electron chi connectivity index (χ0n) is 9.05. The summed E-state index contributed by atoms with van der Waals surface area (Å²) in [5.74, 6) is 5.70. The van der Waals surface area contributed by atoms with Gasteiger partial charge in [0.15, 0.2) is 0 Å². The van der Waals surface area contributed by atoms with Gasteiger partial charge in [-0.3, -0.25) is 11.3 Å². The molecular weight excluding hydrogens is 227 g/mol. The number of benzene rings is 1. The van der Waals surface area contributed by atoms with E-state index in [0.717, 1.165) is 18.4 Å². The van der Waals surface area contributed by atoms with Crippen molar-refractivity contribution in [2.24, 2.45) is 11.8 Å². The summed E-state index contributed by atoms with van der Waals surface area (Å²) in [6.07, 6.45) is 4.77. The number of nitrogens with two attached hydrogens (primary N) is 1. The third-order valence-electron chi connectivity index (χ3n) is 3.35. The van der Waals surface area contributed by atoms with Gasteiger partial charge in [0.2, 0.25) is 0 Å². The number of hydrazine groups is 1. The van der Waals surface area contributed by atoms with Crippen LogP contribution in [0.15, 0.2) is 18.2 Å². The largest absolute Gasteiger partial charge is 0.271 e. The topological polar surface area (TPSA) is 38.0 Å². The van der Waals surface area contributed by atoms with Crippen molar-refractivity contribution in [1.82, 2.24) is 5.43 Å². The molecule has 1 aromatic carbocycles. The van der Waals surface area contributed by atoms with E-state index in [9.17, 15) is 4.39 Å². The monoisotopic (exact) mass is 242 g/mol. The molecule has 2 nitrogen and oxygen atoms in total. The van der Waals surface area contributed by atoms with Gasteiger partial charge in [-0.1, -0.05) is 30.5 Å². The second kappa shape index (κ2) is 5.13. The average molecular weight is 243 g/mol. The molecule has 1 unspecified atom stereocenters. The first-order valence-corrected chi connectivity index (χ1v) is 6.01. The molecule has 0 radical (unpaired) electrons. The fourth-order valence-electron chi connectivity index (χ4n) is 2.50. The Morgan fingerprint density at radius 1 is 1.38 bits per heavy atom. The highest BCUT2D eigenvalue weighted by molar-refractivity contribution is 6.30. The summed E-state index contributed by atoms with van der Waals surface area (Å²) in [5, 5.41) is 0.158. The molecule has 0 aliphatic heterocycles. The Kier molecular flexibility index (Phi) is 3.79. The molecule has 0 aromatic heterocycles. The maximum absolute atomic E-state index is 13.4. The maximum Gasteiger partial charge on any atom is 0.142 e. The summed E-state index contributed by atoms with van der Waals surface area (Å²) < 4.78 is 13.4. The van der Waals surface area contributed by atoms with Crippen molar-refractivity contribution in [2.45, 2.75) is 31.7 Å². The quantitative estimate of drug-likeness (QED) is 0.631. The molecule has 0 amide bonds. The lowest BCUT2D eigenvalue weighted by Crippen LogP contribution is -2.32. The third-order valence-corrected chi connectivity index (χ3v) is 3.66. The number of halogens is 2. The molecule has 3 N–H and O–H groups in total. The Hall–Kier alpha value is -0.640. The van der Waals surface area contributed by atoms with Gasteiger partial charge < -0.3 is 0 Å². The van der Waals surface area contributed by atoms with Crippen molar-refractivity contribution < 1.29 is 4.39 Å². The van der Waals surface area contributed by atoms with Crippen LogP contribution in [-0.4, -0.2) is 0 Å². The van der Waals surface area contributed by atoms with Gasteiger partial charge >= 0.3 is 0 Å². The smallest absolute Gasteiger partial charge is 0.142 e. The second-order valence-electron chi connectivity index (χ2n) is 4.36. The van der Waals surface area contributed by atoms with E-state index in [1.807, 2.05) is 6.07 Å². The predicted octanol–water partition coefficient (Wildman–Crippen LogP) is 3.17. The van der Waals surface area contributed by atoms with Gasteiger partial charge in [-0.25, -0.2) is 4.39 Å². The van der Waals surface area contributed by atoms with Crippen LogP contribution in [0.1, 0.15) is 37.3 Å². The van der Waals surface area contributed by atoms with E-state index in [2.05, 4.69) is 5.43 Å². The highest BCUT2D eigenvalue weighted by Crippen LogP contribution is 2.35. The van der Waals surface area contributed by atoms with Crippen molar-refractivity contribution in [3.8, 4) is 0 Å². The summed E-state index contributed by atoms with van der Waals surface area (Å²) >= 11 is 5.66. The second-order valence-corrected chi connectivity index (χ2v) is 4.77. The lowest BCUT2D eigenvalue weighted by Gasteiger charge is -2.23. The fraction of sp³-hybridized carbons (Fsp3) is 0.500. The average Bonchev–Trinajstić information content (AvgIpc) is 2.78. The molecular formula is C12H16ClFN2. The van der Waals surface area contributed by atoms with Crippen LogP contribution >= 0.6 is 11.6 Å². The zero-order valence-corrected chi connectivity index (χ0v) is 9.80. The summed E-state index contributed by atoms with van der Waals surface area (Å²) in [4.78, 5) is 0. The van der Waals surface area contributed by atoms with E-state index in [1.54, 1.807) is 6.07 Å². The summed E-state index contributed by atoms with van der Waals surface area (Å²) in [6.45, 7) is 0. The van der Waals surface area contributed by atoms with Gasteiger partial charge in [0.1, 0.15) is 5.82 Å². The van der Waals surface area contributed by atoms with Crippen molar-refractivity contribution in [1.29, 1.82) is 0 Å². The van der Waals surface area contributed by atoms with Gasteiger partial charge in [-0.15, -0.1) is 0 Å². The van der Waals surface area contributed by atoms with Gasteiger partial charge in [0, 0.05) is 6.04 Å². The molecule has 0 bridgehead atoms. The minimum Gasteiger partial charge on any atom is -0.271 e. The normalized spacial score (nSPS) is 18.9. The number of hydrogen-bond acceptors (Lipinski definition) is 2. The van der Waals surface area contributed by atoms with E-state index in [1.165, 1.54) is 18.9 Å². The minimum atomic E-state index is -0.377. The molecule has 88 valence electrons. The Morgan fingerprint density at radius 3 is 2.62 bits per heavy atom. The molecule has 1 fully saturated rings.